The summed E-state index contributed by atoms with van der Waals surface area (Å²) in [6, 6.07) is 17.6. The van der Waals surface area contributed by atoms with Crippen molar-refractivity contribution in [2.75, 3.05) is 9.80 Å². The summed E-state index contributed by atoms with van der Waals surface area (Å²) in [6.45, 7) is 0. The molecular weight excluding hydrogens is 580 g/mol. The van der Waals surface area contributed by atoms with Crippen molar-refractivity contribution >= 4 is 46.9 Å². The summed E-state index contributed by atoms with van der Waals surface area (Å²) in [5, 5.41) is 30.0. The molecule has 0 radical (unpaired) electrons. The maximum Gasteiger partial charge on any atom is 0.335 e. The fourth-order valence-corrected chi connectivity index (χ4v) is 7.75. The first-order chi connectivity index (χ1) is 21.6. The fourth-order valence-electron chi connectivity index (χ4n) is 7.75. The van der Waals surface area contributed by atoms with E-state index in [0.717, 1.165) is 9.80 Å². The first kappa shape index (κ1) is 28.2. The van der Waals surface area contributed by atoms with Crippen molar-refractivity contribution < 1.29 is 44.1 Å². The molecule has 2 saturated heterocycles. The van der Waals surface area contributed by atoms with Gasteiger partial charge in [0, 0.05) is 11.5 Å². The van der Waals surface area contributed by atoms with Crippen molar-refractivity contribution in [2.24, 2.45) is 29.6 Å². The molecule has 6 atom stereocenters. The van der Waals surface area contributed by atoms with Gasteiger partial charge in [-0.15, -0.1) is 0 Å². The Morgan fingerprint density at radius 2 is 1.20 bits per heavy atom. The van der Waals surface area contributed by atoms with Gasteiger partial charge in [-0.25, -0.2) is 9.59 Å². The number of carboxylic acid groups (broad SMARTS) is 2. The number of aromatic carboxylic acids is 2. The average Bonchev–Trinajstić information content (AvgIpc) is 3.44. The van der Waals surface area contributed by atoms with Gasteiger partial charge in [-0.3, -0.25) is 29.0 Å². The zero-order chi connectivity index (χ0) is 31.7. The van der Waals surface area contributed by atoms with E-state index in [1.54, 1.807) is 18.2 Å². The van der Waals surface area contributed by atoms with Crippen LogP contribution < -0.4 is 9.80 Å². The lowest BCUT2D eigenvalue weighted by Crippen LogP contribution is -2.43. The quantitative estimate of drug-likeness (QED) is 0.289. The van der Waals surface area contributed by atoms with Crippen LogP contribution in [0.15, 0.2) is 84.4 Å². The first-order valence-electron chi connectivity index (χ1n) is 14.5. The van der Waals surface area contributed by atoms with Crippen molar-refractivity contribution in [3.63, 3.8) is 0 Å². The van der Waals surface area contributed by atoms with E-state index in [1.807, 2.05) is 6.08 Å². The Morgan fingerprint density at radius 1 is 0.644 bits per heavy atom. The topological polar surface area (TPSA) is 170 Å². The van der Waals surface area contributed by atoms with Gasteiger partial charge in [0.2, 0.25) is 23.6 Å². The number of para-hydroxylation sites is 1. The number of phenolic OH excluding ortho intramolecular Hbond substituents is 1. The molecular formula is C34H26N2O9. The number of imide groups is 2. The van der Waals surface area contributed by atoms with Crippen LogP contribution in [-0.4, -0.2) is 50.9 Å². The van der Waals surface area contributed by atoms with Gasteiger partial charge in [0.25, 0.3) is 0 Å². The van der Waals surface area contributed by atoms with Gasteiger partial charge < -0.3 is 15.3 Å². The minimum Gasteiger partial charge on any atom is -0.508 e. The Balaban J connectivity index is 1.32. The summed E-state index contributed by atoms with van der Waals surface area (Å²) < 4.78 is 0. The highest BCUT2D eigenvalue weighted by molar-refractivity contribution is 6.24. The molecule has 3 aromatic rings. The molecule has 3 aromatic carbocycles. The number of nitrogens with zero attached hydrogens (tertiary/aromatic N) is 2. The second-order valence-corrected chi connectivity index (χ2v) is 11.8. The smallest absolute Gasteiger partial charge is 0.335 e. The predicted octanol–water partition coefficient (Wildman–Crippen LogP) is 3.83. The molecule has 1 saturated carbocycles. The SMILES string of the molecule is O=C(O)c1cccc(N2C(=O)C3CC=C4C(CC5C(=O)N(c6cccc(C(=O)O)c6)C(=O)C5C4c4ccccc4O)C3C2=O)c1. The van der Waals surface area contributed by atoms with E-state index in [9.17, 15) is 44.1 Å². The standard InChI is InChI=1S/C34H26N2O9/c37-25-10-2-1-9-21(25)26-20-11-12-22-27(31(40)35(29(22)38)18-7-3-5-16(13-18)33(42)43)23(20)15-24-28(26)32(41)36(30(24)39)19-8-4-6-17(14-19)34(44)45/h1-11,13-14,22-24,26-28,37H,12,15H2,(H,42,43)(H,44,45). The molecule has 11 heteroatoms. The minimum absolute atomic E-state index is 0.0796. The average molecular weight is 607 g/mol. The molecule has 2 aliphatic carbocycles. The zero-order valence-corrected chi connectivity index (χ0v) is 23.6. The number of amides is 4. The number of carboxylic acids is 2. The number of carbonyl (C=O) groups is 6. The molecule has 3 N–H and O–H groups in total. The van der Waals surface area contributed by atoms with Gasteiger partial charge in [0.1, 0.15) is 5.75 Å². The highest BCUT2D eigenvalue weighted by Crippen LogP contribution is 2.59. The summed E-state index contributed by atoms with van der Waals surface area (Å²) in [6.07, 6.45) is 2.11. The molecule has 45 heavy (non-hydrogen) atoms. The Labute approximate surface area is 256 Å². The summed E-state index contributed by atoms with van der Waals surface area (Å²) in [5.74, 6) is -9.45. The molecule has 3 fully saturated rings. The van der Waals surface area contributed by atoms with E-state index in [0.29, 0.717) is 11.1 Å². The molecule has 2 heterocycles. The van der Waals surface area contributed by atoms with Gasteiger partial charge in [0.15, 0.2) is 0 Å². The molecule has 7 rings (SSSR count). The number of fused-ring (bicyclic) bond motifs is 4. The number of allylic oxidation sites excluding steroid dienone is 2. The van der Waals surface area contributed by atoms with Gasteiger partial charge in [-0.05, 0) is 61.2 Å². The lowest BCUT2D eigenvalue weighted by molar-refractivity contribution is -0.126. The molecule has 226 valence electrons. The maximum absolute atomic E-state index is 14.1. The van der Waals surface area contributed by atoms with Crippen LogP contribution in [0.5, 0.6) is 5.75 Å². The molecule has 0 bridgehead atoms. The summed E-state index contributed by atoms with van der Waals surface area (Å²) in [4.78, 5) is 81.2. The Morgan fingerprint density at radius 3 is 1.78 bits per heavy atom. The number of benzene rings is 3. The second-order valence-electron chi connectivity index (χ2n) is 11.8. The normalized spacial score (nSPS) is 27.2. The van der Waals surface area contributed by atoms with Gasteiger partial charge in [-0.1, -0.05) is 42.0 Å². The first-order valence-corrected chi connectivity index (χ1v) is 14.5. The summed E-state index contributed by atoms with van der Waals surface area (Å²) in [5.41, 5.74) is 1.17. The Hall–Kier alpha value is -5.58. The van der Waals surface area contributed by atoms with Crippen LogP contribution in [-0.2, 0) is 19.2 Å². The van der Waals surface area contributed by atoms with Crippen LogP contribution >= 0.6 is 0 Å². The van der Waals surface area contributed by atoms with Crippen LogP contribution in [0.1, 0.15) is 45.0 Å². The van der Waals surface area contributed by atoms with Crippen molar-refractivity contribution in [2.45, 2.75) is 18.8 Å². The third-order valence-electron chi connectivity index (χ3n) is 9.62. The van der Waals surface area contributed by atoms with Crippen molar-refractivity contribution in [3.8, 4) is 5.75 Å². The zero-order valence-electron chi connectivity index (χ0n) is 23.6. The van der Waals surface area contributed by atoms with E-state index in [4.69, 9.17) is 0 Å². The number of hydrogen-bond acceptors (Lipinski definition) is 7. The van der Waals surface area contributed by atoms with Crippen molar-refractivity contribution in [3.05, 3.63) is 101 Å². The molecule has 11 nitrogen and oxygen atoms in total. The van der Waals surface area contributed by atoms with Gasteiger partial charge >= 0.3 is 11.9 Å². The van der Waals surface area contributed by atoms with Gasteiger partial charge in [0.05, 0.1) is 46.2 Å². The number of hydrogen-bond donors (Lipinski definition) is 3. The monoisotopic (exact) mass is 606 g/mol. The maximum atomic E-state index is 14.1. The number of anilines is 2. The Kier molecular flexibility index (Phi) is 6.43. The summed E-state index contributed by atoms with van der Waals surface area (Å²) in [7, 11) is 0. The minimum atomic E-state index is -1.22. The third kappa shape index (κ3) is 4.18. The van der Waals surface area contributed by atoms with E-state index in [2.05, 4.69) is 0 Å². The molecule has 2 aliphatic heterocycles. The van der Waals surface area contributed by atoms with Crippen LogP contribution in [0.3, 0.4) is 0 Å². The Bertz CT molecular complexity index is 1880. The van der Waals surface area contributed by atoms with Crippen molar-refractivity contribution in [1.29, 1.82) is 0 Å². The highest BCUT2D eigenvalue weighted by Gasteiger charge is 2.62. The highest BCUT2D eigenvalue weighted by atomic mass is 16.4. The van der Waals surface area contributed by atoms with E-state index in [1.165, 1.54) is 54.6 Å². The van der Waals surface area contributed by atoms with Crippen LogP contribution in [0.25, 0.3) is 0 Å². The number of aromatic hydroxyl groups is 1. The molecule has 4 aliphatic rings. The second kappa shape index (κ2) is 10.3. The number of carbonyl (C=O) groups excluding carboxylic acids is 4. The molecule has 6 unspecified atom stereocenters. The van der Waals surface area contributed by atoms with Gasteiger partial charge in [-0.2, -0.15) is 0 Å². The lowest BCUT2D eigenvalue weighted by Gasteiger charge is -2.44. The van der Waals surface area contributed by atoms with Crippen LogP contribution in [0.4, 0.5) is 11.4 Å². The van der Waals surface area contributed by atoms with E-state index >= 15 is 0 Å². The molecule has 4 amide bonds. The predicted molar refractivity (Wildman–Crippen MR) is 157 cm³/mol. The molecule has 0 aromatic heterocycles. The number of rotatable bonds is 5. The number of phenols is 1. The van der Waals surface area contributed by atoms with E-state index in [-0.39, 0.29) is 41.1 Å². The summed E-state index contributed by atoms with van der Waals surface area (Å²) >= 11 is 0. The van der Waals surface area contributed by atoms with E-state index < -0.39 is 71.1 Å². The largest absolute Gasteiger partial charge is 0.508 e. The van der Waals surface area contributed by atoms with Crippen molar-refractivity contribution in [1.82, 2.24) is 0 Å². The lowest BCUT2D eigenvalue weighted by atomic mass is 9.57. The van der Waals surface area contributed by atoms with Crippen LogP contribution in [0, 0.1) is 29.6 Å². The van der Waals surface area contributed by atoms with Crippen LogP contribution in [0.2, 0.25) is 0 Å². The fraction of sp³-hybridized carbons (Fsp3) is 0.235. The third-order valence-corrected chi connectivity index (χ3v) is 9.62. The molecule has 0 spiro atoms.